The van der Waals surface area contributed by atoms with Crippen LogP contribution in [0.4, 0.5) is 0 Å². The van der Waals surface area contributed by atoms with Crippen molar-refractivity contribution < 1.29 is 13.2 Å². The number of carbonyl (C=O) groups excluding carboxylic acids is 1. The van der Waals surface area contributed by atoms with E-state index in [2.05, 4.69) is 10.6 Å². The molecule has 1 aliphatic rings. The number of sulfonamides is 1. The quantitative estimate of drug-likeness (QED) is 0.682. The zero-order valence-electron chi connectivity index (χ0n) is 14.2. The summed E-state index contributed by atoms with van der Waals surface area (Å²) in [6.07, 6.45) is 2.34. The lowest BCUT2D eigenvalue weighted by Crippen LogP contribution is -2.46. The van der Waals surface area contributed by atoms with Crippen LogP contribution in [-0.4, -0.2) is 51.9 Å². The van der Waals surface area contributed by atoms with E-state index in [9.17, 15) is 13.2 Å². The SMILES string of the molecule is CNCCCNC(=O)C1CCCN(S(=O)(=O)Cc2ccccc2)C1. The molecule has 0 bridgehead atoms. The maximum Gasteiger partial charge on any atom is 0.224 e. The molecule has 2 N–H and O–H groups in total. The van der Waals surface area contributed by atoms with Crippen LogP contribution in [0.2, 0.25) is 0 Å². The maximum absolute atomic E-state index is 12.6. The lowest BCUT2D eigenvalue weighted by Gasteiger charge is -2.31. The van der Waals surface area contributed by atoms with Crippen molar-refractivity contribution in [1.29, 1.82) is 0 Å². The lowest BCUT2D eigenvalue weighted by molar-refractivity contribution is -0.126. The van der Waals surface area contributed by atoms with Crippen molar-refractivity contribution in [2.24, 2.45) is 5.92 Å². The van der Waals surface area contributed by atoms with Gasteiger partial charge >= 0.3 is 0 Å². The van der Waals surface area contributed by atoms with E-state index in [1.165, 1.54) is 4.31 Å². The molecule has 0 aliphatic carbocycles. The Morgan fingerprint density at radius 2 is 2.00 bits per heavy atom. The summed E-state index contributed by atoms with van der Waals surface area (Å²) in [5, 5.41) is 5.94. The lowest BCUT2D eigenvalue weighted by atomic mass is 9.99. The van der Waals surface area contributed by atoms with Crippen LogP contribution in [0, 0.1) is 5.92 Å². The molecule has 2 rings (SSSR count). The van der Waals surface area contributed by atoms with Gasteiger partial charge in [0, 0.05) is 19.6 Å². The summed E-state index contributed by atoms with van der Waals surface area (Å²) >= 11 is 0. The Kier molecular flexibility index (Phi) is 7.20. The van der Waals surface area contributed by atoms with Crippen LogP contribution >= 0.6 is 0 Å². The van der Waals surface area contributed by atoms with E-state index in [-0.39, 0.29) is 24.1 Å². The molecule has 0 aromatic heterocycles. The van der Waals surface area contributed by atoms with E-state index in [0.29, 0.717) is 13.1 Å². The van der Waals surface area contributed by atoms with Gasteiger partial charge in [0.1, 0.15) is 0 Å². The minimum atomic E-state index is -3.39. The molecule has 1 fully saturated rings. The average Bonchev–Trinajstić information content (AvgIpc) is 2.59. The summed E-state index contributed by atoms with van der Waals surface area (Å²) in [5.41, 5.74) is 0.774. The molecular formula is C17H27N3O3S. The third kappa shape index (κ3) is 5.58. The molecule has 1 aromatic carbocycles. The normalized spacial score (nSPS) is 19.1. The Labute approximate surface area is 144 Å². The first-order valence-electron chi connectivity index (χ1n) is 8.47. The summed E-state index contributed by atoms with van der Waals surface area (Å²) in [4.78, 5) is 12.2. The Hall–Kier alpha value is -1.44. The van der Waals surface area contributed by atoms with Crippen LogP contribution in [-0.2, 0) is 20.6 Å². The fourth-order valence-corrected chi connectivity index (χ4v) is 4.52. The highest BCUT2D eigenvalue weighted by molar-refractivity contribution is 7.88. The molecule has 1 amide bonds. The van der Waals surface area contributed by atoms with Crippen molar-refractivity contribution in [3.05, 3.63) is 35.9 Å². The van der Waals surface area contributed by atoms with Gasteiger partial charge in [-0.1, -0.05) is 30.3 Å². The number of nitrogens with one attached hydrogen (secondary N) is 2. The highest BCUT2D eigenvalue weighted by Crippen LogP contribution is 2.21. The Balaban J connectivity index is 1.90. The van der Waals surface area contributed by atoms with Crippen LogP contribution in [0.15, 0.2) is 30.3 Å². The van der Waals surface area contributed by atoms with Gasteiger partial charge in [-0.15, -0.1) is 0 Å². The molecular weight excluding hydrogens is 326 g/mol. The van der Waals surface area contributed by atoms with Crippen LogP contribution in [0.25, 0.3) is 0 Å². The summed E-state index contributed by atoms with van der Waals surface area (Å²) in [7, 11) is -1.52. The van der Waals surface area contributed by atoms with Gasteiger partial charge < -0.3 is 10.6 Å². The number of amides is 1. The molecule has 6 nitrogen and oxygen atoms in total. The highest BCUT2D eigenvalue weighted by atomic mass is 32.2. The van der Waals surface area contributed by atoms with Gasteiger partial charge in [-0.05, 0) is 38.4 Å². The van der Waals surface area contributed by atoms with E-state index in [4.69, 9.17) is 0 Å². The molecule has 134 valence electrons. The van der Waals surface area contributed by atoms with E-state index in [0.717, 1.165) is 31.4 Å². The van der Waals surface area contributed by atoms with Crippen molar-refractivity contribution in [2.45, 2.75) is 25.0 Å². The van der Waals surface area contributed by atoms with Crippen molar-refractivity contribution >= 4 is 15.9 Å². The van der Waals surface area contributed by atoms with Crippen LogP contribution < -0.4 is 10.6 Å². The largest absolute Gasteiger partial charge is 0.356 e. The minimum absolute atomic E-state index is 0.00957. The number of carbonyl (C=O) groups is 1. The zero-order valence-corrected chi connectivity index (χ0v) is 15.0. The molecule has 1 atom stereocenters. The van der Waals surface area contributed by atoms with Gasteiger partial charge in [0.05, 0.1) is 11.7 Å². The Morgan fingerprint density at radius 3 is 2.71 bits per heavy atom. The smallest absolute Gasteiger partial charge is 0.224 e. The average molecular weight is 353 g/mol. The molecule has 1 aromatic rings. The fourth-order valence-electron chi connectivity index (χ4n) is 2.91. The molecule has 0 saturated carbocycles. The second-order valence-electron chi connectivity index (χ2n) is 6.19. The van der Waals surface area contributed by atoms with Crippen molar-refractivity contribution in [1.82, 2.24) is 14.9 Å². The maximum atomic E-state index is 12.6. The van der Waals surface area contributed by atoms with Gasteiger partial charge in [-0.3, -0.25) is 4.79 Å². The monoisotopic (exact) mass is 353 g/mol. The first-order valence-corrected chi connectivity index (χ1v) is 10.1. The molecule has 1 heterocycles. The van der Waals surface area contributed by atoms with E-state index in [1.807, 2.05) is 37.4 Å². The number of nitrogens with zero attached hydrogens (tertiary/aromatic N) is 1. The second-order valence-corrected chi connectivity index (χ2v) is 8.16. The molecule has 1 aliphatic heterocycles. The first-order chi connectivity index (χ1) is 11.5. The Morgan fingerprint density at radius 1 is 1.25 bits per heavy atom. The van der Waals surface area contributed by atoms with Gasteiger partial charge in [-0.25, -0.2) is 12.7 Å². The van der Waals surface area contributed by atoms with E-state index in [1.54, 1.807) is 0 Å². The number of hydrogen-bond acceptors (Lipinski definition) is 4. The van der Waals surface area contributed by atoms with Gasteiger partial charge in [-0.2, -0.15) is 0 Å². The van der Waals surface area contributed by atoms with E-state index < -0.39 is 10.0 Å². The number of piperidine rings is 1. The predicted molar refractivity (Wildman–Crippen MR) is 94.9 cm³/mol. The van der Waals surface area contributed by atoms with Gasteiger partial charge in [0.15, 0.2) is 0 Å². The zero-order chi connectivity index (χ0) is 17.4. The molecule has 7 heteroatoms. The number of hydrogen-bond donors (Lipinski definition) is 2. The van der Waals surface area contributed by atoms with Crippen molar-refractivity contribution in [2.75, 3.05) is 33.2 Å². The summed E-state index contributed by atoms with van der Waals surface area (Å²) in [5.74, 6) is -0.297. The standard InChI is InChI=1S/C17H27N3O3S/c1-18-10-6-11-19-17(21)16-9-5-12-20(13-16)24(22,23)14-15-7-3-2-4-8-15/h2-4,7-8,16,18H,5-6,9-14H2,1H3,(H,19,21). The van der Waals surface area contributed by atoms with Crippen LogP contribution in [0.1, 0.15) is 24.8 Å². The molecule has 1 saturated heterocycles. The molecule has 0 radical (unpaired) electrons. The van der Waals surface area contributed by atoms with E-state index >= 15 is 0 Å². The third-order valence-corrected chi connectivity index (χ3v) is 6.06. The van der Waals surface area contributed by atoms with Gasteiger partial charge in [0.25, 0.3) is 0 Å². The second kappa shape index (κ2) is 9.15. The third-order valence-electron chi connectivity index (χ3n) is 4.24. The summed E-state index contributed by atoms with van der Waals surface area (Å²) < 4.78 is 26.7. The van der Waals surface area contributed by atoms with Gasteiger partial charge in [0.2, 0.25) is 15.9 Å². The van der Waals surface area contributed by atoms with Crippen LogP contribution in [0.5, 0.6) is 0 Å². The van der Waals surface area contributed by atoms with Crippen molar-refractivity contribution in [3.8, 4) is 0 Å². The summed E-state index contributed by atoms with van der Waals surface area (Å²) in [6.45, 7) is 2.25. The molecule has 24 heavy (non-hydrogen) atoms. The Bertz CT molecular complexity index is 619. The predicted octanol–water partition coefficient (Wildman–Crippen LogP) is 0.954. The number of rotatable bonds is 8. The minimum Gasteiger partial charge on any atom is -0.356 e. The first kappa shape index (κ1) is 18.9. The topological polar surface area (TPSA) is 78.5 Å². The van der Waals surface area contributed by atoms with Crippen LogP contribution in [0.3, 0.4) is 0 Å². The highest BCUT2D eigenvalue weighted by Gasteiger charge is 2.32. The molecule has 1 unspecified atom stereocenters. The van der Waals surface area contributed by atoms with Crippen molar-refractivity contribution in [3.63, 3.8) is 0 Å². The number of benzene rings is 1. The fraction of sp³-hybridized carbons (Fsp3) is 0.588. The molecule has 0 spiro atoms. The summed E-state index contributed by atoms with van der Waals surface area (Å²) in [6, 6.07) is 9.16.